The monoisotopic (exact) mass is 348 g/mol. The Morgan fingerprint density at radius 1 is 0.880 bits per heavy atom. The van der Waals surface area contributed by atoms with Gasteiger partial charge in [-0.15, -0.1) is 0 Å². The van der Waals surface area contributed by atoms with Crippen molar-refractivity contribution in [2.24, 2.45) is 5.92 Å². The number of nitrogens with one attached hydrogen (secondary N) is 2. The molecule has 0 aromatic heterocycles. The molecule has 1 aromatic rings. The quantitative estimate of drug-likeness (QED) is 0.851. The summed E-state index contributed by atoms with van der Waals surface area (Å²) in [7, 11) is 0. The van der Waals surface area contributed by atoms with Gasteiger partial charge in [-0.3, -0.25) is 9.59 Å². The lowest BCUT2D eigenvalue weighted by atomic mass is 10.0. The maximum atomic E-state index is 12.5. The Kier molecular flexibility index (Phi) is 6.63. The second kappa shape index (κ2) is 7.89. The van der Waals surface area contributed by atoms with E-state index >= 15 is 0 Å². The summed E-state index contributed by atoms with van der Waals surface area (Å²) < 4.78 is 5.75. The Labute approximate surface area is 151 Å². The molecule has 0 radical (unpaired) electrons. The van der Waals surface area contributed by atoms with E-state index in [9.17, 15) is 9.59 Å². The molecule has 0 atom stereocenters. The van der Waals surface area contributed by atoms with E-state index in [0.29, 0.717) is 29.4 Å². The number of hydrogen-bond donors (Lipinski definition) is 2. The molecule has 5 heteroatoms. The van der Waals surface area contributed by atoms with Gasteiger partial charge in [0.2, 0.25) is 0 Å². The second-order valence-corrected chi connectivity index (χ2v) is 8.86. The Bertz CT molecular complexity index is 577. The third-order valence-electron chi connectivity index (χ3n) is 2.99. The first-order valence-electron chi connectivity index (χ1n) is 8.70. The maximum Gasteiger partial charge on any atom is 0.251 e. The smallest absolute Gasteiger partial charge is 0.251 e. The average Bonchev–Trinajstić information content (AvgIpc) is 2.41. The lowest BCUT2D eigenvalue weighted by molar-refractivity contribution is 0.0918. The van der Waals surface area contributed by atoms with Gasteiger partial charge >= 0.3 is 0 Å². The number of carbonyl (C=O) groups excluding carboxylic acids is 2. The normalized spacial score (nSPS) is 12.0. The number of ether oxygens (including phenoxy) is 1. The van der Waals surface area contributed by atoms with Crippen molar-refractivity contribution in [3.8, 4) is 5.75 Å². The molecule has 1 aromatic carbocycles. The fourth-order valence-corrected chi connectivity index (χ4v) is 2.03. The van der Waals surface area contributed by atoms with Gasteiger partial charge in [-0.2, -0.15) is 0 Å². The zero-order valence-electron chi connectivity index (χ0n) is 16.7. The van der Waals surface area contributed by atoms with Crippen molar-refractivity contribution < 1.29 is 14.3 Å². The van der Waals surface area contributed by atoms with Crippen LogP contribution in [0.25, 0.3) is 0 Å². The van der Waals surface area contributed by atoms with Crippen LogP contribution in [0.4, 0.5) is 0 Å². The molecule has 0 saturated carbocycles. The fourth-order valence-electron chi connectivity index (χ4n) is 2.03. The Hall–Kier alpha value is -2.04. The molecule has 0 aliphatic rings. The van der Waals surface area contributed by atoms with Crippen LogP contribution in [-0.2, 0) is 0 Å². The summed E-state index contributed by atoms with van der Waals surface area (Å²) in [6, 6.07) is 4.96. The molecule has 0 saturated heterocycles. The second-order valence-electron chi connectivity index (χ2n) is 8.86. The van der Waals surface area contributed by atoms with Crippen molar-refractivity contribution in [1.82, 2.24) is 10.6 Å². The summed E-state index contributed by atoms with van der Waals surface area (Å²) in [5, 5.41) is 5.83. The maximum absolute atomic E-state index is 12.5. The van der Waals surface area contributed by atoms with Crippen LogP contribution in [0.3, 0.4) is 0 Å². The van der Waals surface area contributed by atoms with Gasteiger partial charge in [-0.25, -0.2) is 0 Å². The molecular formula is C20H32N2O3. The van der Waals surface area contributed by atoms with Crippen molar-refractivity contribution in [2.75, 3.05) is 6.61 Å². The highest BCUT2D eigenvalue weighted by Crippen LogP contribution is 2.20. The molecule has 140 valence electrons. The lowest BCUT2D eigenvalue weighted by Gasteiger charge is -2.22. The largest absolute Gasteiger partial charge is 0.493 e. The topological polar surface area (TPSA) is 67.4 Å². The van der Waals surface area contributed by atoms with Crippen molar-refractivity contribution in [3.63, 3.8) is 0 Å². The first-order valence-corrected chi connectivity index (χ1v) is 8.70. The number of carbonyl (C=O) groups is 2. The van der Waals surface area contributed by atoms with E-state index in [4.69, 9.17) is 4.74 Å². The SMILES string of the molecule is CC(C)COc1cc(C(=O)NC(C)(C)C)cc(C(=O)NC(C)(C)C)c1. The van der Waals surface area contributed by atoms with Crippen molar-refractivity contribution in [2.45, 2.75) is 66.5 Å². The van der Waals surface area contributed by atoms with Crippen LogP contribution in [-0.4, -0.2) is 29.5 Å². The molecule has 0 aliphatic carbocycles. The molecule has 0 fully saturated rings. The molecule has 0 aliphatic heterocycles. The minimum atomic E-state index is -0.361. The number of rotatable bonds is 5. The van der Waals surface area contributed by atoms with Crippen molar-refractivity contribution >= 4 is 11.8 Å². The molecule has 0 unspecified atom stereocenters. The summed E-state index contributed by atoms with van der Waals surface area (Å²) in [5.74, 6) is 0.410. The molecular weight excluding hydrogens is 316 g/mol. The van der Waals surface area contributed by atoms with Crippen LogP contribution >= 0.6 is 0 Å². The summed E-state index contributed by atoms with van der Waals surface area (Å²) in [5.41, 5.74) is 0.102. The molecule has 2 N–H and O–H groups in total. The van der Waals surface area contributed by atoms with Crippen LogP contribution in [0.15, 0.2) is 18.2 Å². The number of benzene rings is 1. The molecule has 25 heavy (non-hydrogen) atoms. The molecule has 0 bridgehead atoms. The van der Waals surface area contributed by atoms with Crippen LogP contribution in [0, 0.1) is 5.92 Å². The Morgan fingerprint density at radius 3 is 1.60 bits per heavy atom. The molecule has 0 spiro atoms. The van der Waals surface area contributed by atoms with E-state index in [1.54, 1.807) is 18.2 Å². The van der Waals surface area contributed by atoms with E-state index < -0.39 is 0 Å². The van der Waals surface area contributed by atoms with Crippen LogP contribution in [0.2, 0.25) is 0 Å². The van der Waals surface area contributed by atoms with Crippen LogP contribution in [0.5, 0.6) is 5.75 Å². The predicted molar refractivity (Wildman–Crippen MR) is 101 cm³/mol. The zero-order chi connectivity index (χ0) is 19.4. The lowest BCUT2D eigenvalue weighted by Crippen LogP contribution is -2.41. The van der Waals surface area contributed by atoms with Gasteiger partial charge in [0.05, 0.1) is 6.61 Å². The summed E-state index contributed by atoms with van der Waals surface area (Å²) in [6.07, 6.45) is 0. The van der Waals surface area contributed by atoms with Crippen LogP contribution in [0.1, 0.15) is 76.1 Å². The van der Waals surface area contributed by atoms with Crippen LogP contribution < -0.4 is 15.4 Å². The molecule has 1 rings (SSSR count). The van der Waals surface area contributed by atoms with E-state index in [1.165, 1.54) is 0 Å². The van der Waals surface area contributed by atoms with Gasteiger partial charge in [0, 0.05) is 22.2 Å². The Balaban J connectivity index is 3.18. The van der Waals surface area contributed by atoms with E-state index in [2.05, 4.69) is 10.6 Å². The number of amides is 2. The van der Waals surface area contributed by atoms with E-state index in [0.717, 1.165) is 0 Å². The zero-order valence-corrected chi connectivity index (χ0v) is 16.7. The van der Waals surface area contributed by atoms with E-state index in [-0.39, 0.29) is 22.9 Å². The van der Waals surface area contributed by atoms with E-state index in [1.807, 2.05) is 55.4 Å². The standard InChI is InChI=1S/C20H32N2O3/c1-13(2)12-25-16-10-14(17(23)21-19(3,4)5)9-15(11-16)18(24)22-20(6,7)8/h9-11,13H,12H2,1-8H3,(H,21,23)(H,22,24). The van der Waals surface area contributed by atoms with Gasteiger partial charge in [-0.05, 0) is 65.7 Å². The first-order chi connectivity index (χ1) is 11.3. The fraction of sp³-hybridized carbons (Fsp3) is 0.600. The van der Waals surface area contributed by atoms with Gasteiger partial charge in [0.15, 0.2) is 0 Å². The average molecular weight is 348 g/mol. The third-order valence-corrected chi connectivity index (χ3v) is 2.99. The van der Waals surface area contributed by atoms with Crippen molar-refractivity contribution in [1.29, 1.82) is 0 Å². The van der Waals surface area contributed by atoms with Crippen molar-refractivity contribution in [3.05, 3.63) is 29.3 Å². The van der Waals surface area contributed by atoms with Gasteiger partial charge in [0.25, 0.3) is 11.8 Å². The van der Waals surface area contributed by atoms with Gasteiger partial charge in [0.1, 0.15) is 5.75 Å². The highest BCUT2D eigenvalue weighted by atomic mass is 16.5. The molecule has 5 nitrogen and oxygen atoms in total. The highest BCUT2D eigenvalue weighted by molar-refractivity contribution is 6.00. The first kappa shape index (κ1) is 21.0. The van der Waals surface area contributed by atoms with Gasteiger partial charge in [-0.1, -0.05) is 13.8 Å². The summed E-state index contributed by atoms with van der Waals surface area (Å²) in [4.78, 5) is 25.0. The predicted octanol–water partition coefficient (Wildman–Crippen LogP) is 3.78. The molecule has 0 heterocycles. The summed E-state index contributed by atoms with van der Waals surface area (Å²) >= 11 is 0. The third kappa shape index (κ3) is 8.05. The minimum absolute atomic E-state index is 0.229. The highest BCUT2D eigenvalue weighted by Gasteiger charge is 2.20. The minimum Gasteiger partial charge on any atom is -0.493 e. The Morgan fingerprint density at radius 2 is 1.28 bits per heavy atom. The molecule has 2 amide bonds. The number of hydrogen-bond acceptors (Lipinski definition) is 3. The van der Waals surface area contributed by atoms with Gasteiger partial charge < -0.3 is 15.4 Å². The summed E-state index contributed by atoms with van der Waals surface area (Å²) in [6.45, 7) is 16.1.